The lowest BCUT2D eigenvalue weighted by Gasteiger charge is -2.29. The molecule has 9 nitrogen and oxygen atoms in total. The number of halogens is 3. The van der Waals surface area contributed by atoms with Crippen molar-refractivity contribution in [1.82, 2.24) is 24.8 Å². The minimum atomic E-state index is -4.55. The van der Waals surface area contributed by atoms with E-state index in [2.05, 4.69) is 42.0 Å². The molecule has 4 N–H and O–H groups in total. The predicted molar refractivity (Wildman–Crippen MR) is 150 cm³/mol. The van der Waals surface area contributed by atoms with Crippen molar-refractivity contribution < 1.29 is 22.8 Å². The molecule has 0 unspecified atom stereocenters. The van der Waals surface area contributed by atoms with Crippen molar-refractivity contribution in [1.29, 1.82) is 0 Å². The third-order valence-corrected chi connectivity index (χ3v) is 8.33. The summed E-state index contributed by atoms with van der Waals surface area (Å²) in [5, 5.41) is 6.24. The topological polar surface area (TPSA) is 128 Å². The van der Waals surface area contributed by atoms with Gasteiger partial charge in [0.2, 0.25) is 0 Å². The number of nitrogens with two attached hydrogens (primary N) is 1. The Hall–Kier alpha value is -4.92. The van der Waals surface area contributed by atoms with Crippen LogP contribution in [-0.2, 0) is 16.5 Å². The van der Waals surface area contributed by atoms with Crippen LogP contribution < -0.4 is 16.4 Å². The number of nitrogens with one attached hydrogen (secondary N) is 2. The summed E-state index contributed by atoms with van der Waals surface area (Å²) in [4.78, 5) is 37.7. The number of amides is 2. The van der Waals surface area contributed by atoms with E-state index >= 15 is 0 Å². The Balaban J connectivity index is 1.29. The molecule has 0 aliphatic heterocycles. The number of carbonyl (C=O) groups is 2. The molecule has 4 aromatic rings. The van der Waals surface area contributed by atoms with Crippen LogP contribution in [0.4, 0.5) is 24.8 Å². The Morgan fingerprint density at radius 1 is 1.05 bits per heavy atom. The monoisotopic (exact) mass is 573 g/mol. The van der Waals surface area contributed by atoms with Crippen molar-refractivity contribution in [3.8, 4) is 23.0 Å². The van der Waals surface area contributed by atoms with Gasteiger partial charge in [-0.2, -0.15) is 13.2 Å². The smallest absolute Gasteiger partial charge is 0.383 e. The molecule has 2 aliphatic carbocycles. The first-order chi connectivity index (χ1) is 20.0. The van der Waals surface area contributed by atoms with E-state index in [1.165, 1.54) is 6.33 Å². The number of aromatic nitrogens is 4. The van der Waals surface area contributed by atoms with Crippen LogP contribution in [0.15, 0.2) is 55.1 Å². The fourth-order valence-electron chi connectivity index (χ4n) is 6.39. The van der Waals surface area contributed by atoms with Crippen molar-refractivity contribution in [3.05, 3.63) is 66.2 Å². The van der Waals surface area contributed by atoms with Gasteiger partial charge in [0.1, 0.15) is 23.6 Å². The van der Waals surface area contributed by atoms with Crippen molar-refractivity contribution >= 4 is 34.5 Å². The second-order valence-corrected chi connectivity index (χ2v) is 10.8. The van der Waals surface area contributed by atoms with E-state index in [1.54, 1.807) is 31.2 Å². The highest BCUT2D eigenvalue weighted by Crippen LogP contribution is 2.56. The molecule has 0 spiro atoms. The molecule has 3 heterocycles. The lowest BCUT2D eigenvalue weighted by atomic mass is 9.91. The van der Waals surface area contributed by atoms with Crippen LogP contribution >= 0.6 is 0 Å². The van der Waals surface area contributed by atoms with Gasteiger partial charge in [-0.1, -0.05) is 18.1 Å². The minimum absolute atomic E-state index is 0.201. The highest BCUT2D eigenvalue weighted by molar-refractivity contribution is 6.05. The van der Waals surface area contributed by atoms with E-state index in [0.717, 1.165) is 61.6 Å². The summed E-state index contributed by atoms with van der Waals surface area (Å²) in [5.74, 6) is 4.48. The number of fused-ring (bicyclic) bond motifs is 3. The Kier molecular flexibility index (Phi) is 6.40. The molecule has 6 rings (SSSR count). The molecule has 0 atom stereocenters. The molecule has 42 heavy (non-hydrogen) atoms. The third kappa shape index (κ3) is 4.70. The van der Waals surface area contributed by atoms with Gasteiger partial charge in [-0.25, -0.2) is 15.0 Å². The molecule has 2 fully saturated rings. The van der Waals surface area contributed by atoms with Gasteiger partial charge >= 0.3 is 6.18 Å². The van der Waals surface area contributed by atoms with E-state index in [4.69, 9.17) is 5.73 Å². The van der Waals surface area contributed by atoms with Crippen LogP contribution in [-0.4, -0.2) is 36.9 Å². The van der Waals surface area contributed by atoms with Crippen molar-refractivity contribution in [2.45, 2.75) is 56.3 Å². The van der Waals surface area contributed by atoms with Gasteiger partial charge < -0.3 is 20.9 Å². The fraction of sp³-hybridized carbons (Fsp3) is 0.300. The predicted octanol–water partition coefficient (Wildman–Crippen LogP) is 4.90. The van der Waals surface area contributed by atoms with Crippen LogP contribution in [0.1, 0.15) is 54.9 Å². The molecular weight excluding hydrogens is 547 g/mol. The Morgan fingerprint density at radius 3 is 2.48 bits per heavy atom. The van der Waals surface area contributed by atoms with Crippen LogP contribution in [0.2, 0.25) is 0 Å². The molecule has 2 aliphatic rings. The SMILES string of the molecule is CC#CC(=O)NC12CCC(n3cc(-c4ccc(C(=O)Nc5cc(C(F)(F)F)ccn5)cc4)c4c(N)ncnc43)(CC1)C2. The highest BCUT2D eigenvalue weighted by atomic mass is 19.4. The summed E-state index contributed by atoms with van der Waals surface area (Å²) in [7, 11) is 0. The second kappa shape index (κ2) is 9.87. The zero-order valence-electron chi connectivity index (χ0n) is 22.5. The fourth-order valence-corrected chi connectivity index (χ4v) is 6.39. The maximum absolute atomic E-state index is 13.0. The number of carbonyl (C=O) groups excluding carboxylic acids is 2. The Bertz CT molecular complexity index is 1780. The molecule has 3 aromatic heterocycles. The van der Waals surface area contributed by atoms with Gasteiger partial charge in [-0.15, -0.1) is 0 Å². The summed E-state index contributed by atoms with van der Waals surface area (Å²) in [6.45, 7) is 1.63. The highest BCUT2D eigenvalue weighted by Gasteiger charge is 2.56. The maximum atomic E-state index is 13.0. The molecule has 12 heteroatoms. The number of hydrogen-bond donors (Lipinski definition) is 3. The quantitative estimate of drug-likeness (QED) is 0.292. The van der Waals surface area contributed by atoms with Gasteiger partial charge in [0.15, 0.2) is 0 Å². The molecular formula is C30H26F3N7O2. The van der Waals surface area contributed by atoms with E-state index in [0.29, 0.717) is 16.9 Å². The number of benzene rings is 1. The van der Waals surface area contributed by atoms with Gasteiger partial charge in [0, 0.05) is 34.6 Å². The van der Waals surface area contributed by atoms with Gasteiger partial charge in [-0.3, -0.25) is 9.59 Å². The largest absolute Gasteiger partial charge is 0.416 e. The maximum Gasteiger partial charge on any atom is 0.416 e. The van der Waals surface area contributed by atoms with E-state index in [1.807, 2.05) is 6.20 Å². The molecule has 0 saturated heterocycles. The molecule has 0 radical (unpaired) electrons. The summed E-state index contributed by atoms with van der Waals surface area (Å²) in [6, 6.07) is 8.28. The number of rotatable bonds is 5. The first-order valence-corrected chi connectivity index (χ1v) is 13.3. The lowest BCUT2D eigenvalue weighted by molar-refractivity contribution is -0.137. The Labute approximate surface area is 238 Å². The average molecular weight is 574 g/mol. The van der Waals surface area contributed by atoms with Crippen molar-refractivity contribution in [2.75, 3.05) is 11.1 Å². The molecule has 214 valence electrons. The van der Waals surface area contributed by atoms with Crippen molar-refractivity contribution in [2.24, 2.45) is 0 Å². The number of nitrogen functional groups attached to an aromatic ring is 1. The third-order valence-electron chi connectivity index (χ3n) is 8.33. The van der Waals surface area contributed by atoms with E-state index in [9.17, 15) is 22.8 Å². The first kappa shape index (κ1) is 27.3. The zero-order valence-corrected chi connectivity index (χ0v) is 22.5. The number of pyridine rings is 1. The minimum Gasteiger partial charge on any atom is -0.383 e. The average Bonchev–Trinajstić information content (AvgIpc) is 3.64. The lowest BCUT2D eigenvalue weighted by Crippen LogP contribution is -2.44. The molecule has 2 bridgehead atoms. The van der Waals surface area contributed by atoms with Crippen LogP contribution in [0.25, 0.3) is 22.2 Å². The molecule has 2 saturated carbocycles. The summed E-state index contributed by atoms with van der Waals surface area (Å²) in [5.41, 5.74) is 7.34. The van der Waals surface area contributed by atoms with Gasteiger partial charge in [0.05, 0.1) is 10.9 Å². The van der Waals surface area contributed by atoms with Crippen LogP contribution in [0, 0.1) is 11.8 Å². The zero-order chi connectivity index (χ0) is 29.7. The van der Waals surface area contributed by atoms with E-state index < -0.39 is 17.6 Å². The Morgan fingerprint density at radius 2 is 1.79 bits per heavy atom. The molecule has 1 aromatic carbocycles. The number of hydrogen-bond acceptors (Lipinski definition) is 6. The van der Waals surface area contributed by atoms with Gasteiger partial charge in [0.25, 0.3) is 11.8 Å². The normalized spacial score (nSPS) is 21.1. The van der Waals surface area contributed by atoms with Crippen LogP contribution in [0.5, 0.6) is 0 Å². The number of anilines is 2. The first-order valence-electron chi connectivity index (χ1n) is 13.3. The summed E-state index contributed by atoms with van der Waals surface area (Å²) < 4.78 is 41.3. The second-order valence-electron chi connectivity index (χ2n) is 10.8. The summed E-state index contributed by atoms with van der Waals surface area (Å²) in [6.07, 6.45) is 3.97. The van der Waals surface area contributed by atoms with Crippen LogP contribution in [0.3, 0.4) is 0 Å². The summed E-state index contributed by atoms with van der Waals surface area (Å²) >= 11 is 0. The van der Waals surface area contributed by atoms with Crippen molar-refractivity contribution in [3.63, 3.8) is 0 Å². The van der Waals surface area contributed by atoms with E-state index in [-0.39, 0.29) is 28.4 Å². The molecule has 2 amide bonds. The standard InChI is InChI=1S/C30H26F3N7O2/c1-2-3-23(41)39-28-9-11-29(16-28,12-10-28)40-15-21(24-25(34)36-17-37-26(24)40)18-4-6-19(7-5-18)27(42)38-22-14-20(8-13-35-22)30(31,32)33/h4-8,13-15,17H,9-12,16H2,1H3,(H,39,41)(H2,34,36,37)(H,35,38,42). The number of nitrogens with zero attached hydrogens (tertiary/aromatic N) is 4. The number of alkyl halides is 3. The van der Waals surface area contributed by atoms with Gasteiger partial charge in [-0.05, 0) is 74.8 Å².